The maximum atomic E-state index is 12.1. The molecule has 0 spiro atoms. The molecule has 0 bridgehead atoms. The number of amides is 1. The van der Waals surface area contributed by atoms with Crippen LogP contribution in [0.4, 0.5) is 0 Å². The summed E-state index contributed by atoms with van der Waals surface area (Å²) in [6.07, 6.45) is 4.87. The summed E-state index contributed by atoms with van der Waals surface area (Å²) in [5.74, 6) is 1.22. The van der Waals surface area contributed by atoms with Crippen LogP contribution in [0.2, 0.25) is 0 Å². The van der Waals surface area contributed by atoms with Crippen molar-refractivity contribution in [1.29, 1.82) is 0 Å². The number of ether oxygens (including phenoxy) is 1. The van der Waals surface area contributed by atoms with Gasteiger partial charge in [0, 0.05) is 13.0 Å². The van der Waals surface area contributed by atoms with Crippen LogP contribution in [0.15, 0.2) is 18.2 Å². The average molecular weight is 245 g/mol. The SMILES string of the molecule is COc1ccc2c(c1)C1CCCN1C(=O)CCC2. The van der Waals surface area contributed by atoms with Crippen LogP contribution in [0.25, 0.3) is 0 Å². The molecule has 0 saturated carbocycles. The van der Waals surface area contributed by atoms with Crippen molar-refractivity contribution >= 4 is 5.91 Å². The zero-order valence-electron chi connectivity index (χ0n) is 10.8. The Labute approximate surface area is 108 Å². The quantitative estimate of drug-likeness (QED) is 0.761. The van der Waals surface area contributed by atoms with Gasteiger partial charge in [0.1, 0.15) is 5.75 Å². The normalized spacial score (nSPS) is 23.1. The molecule has 18 heavy (non-hydrogen) atoms. The molecule has 3 nitrogen and oxygen atoms in total. The standard InChI is InChI=1S/C15H19NO2/c1-18-12-8-7-11-4-2-6-15(17)16-9-3-5-14(16)13(11)10-12/h7-8,10,14H,2-6,9H2,1H3. The summed E-state index contributed by atoms with van der Waals surface area (Å²) in [5.41, 5.74) is 2.69. The number of carbonyl (C=O) groups is 1. The second kappa shape index (κ2) is 4.63. The Morgan fingerprint density at radius 2 is 2.17 bits per heavy atom. The van der Waals surface area contributed by atoms with E-state index >= 15 is 0 Å². The summed E-state index contributed by atoms with van der Waals surface area (Å²) in [4.78, 5) is 14.2. The van der Waals surface area contributed by atoms with E-state index in [0.29, 0.717) is 12.3 Å². The smallest absolute Gasteiger partial charge is 0.223 e. The number of aryl methyl sites for hydroxylation is 1. The van der Waals surface area contributed by atoms with Gasteiger partial charge in [0.05, 0.1) is 13.2 Å². The van der Waals surface area contributed by atoms with E-state index in [-0.39, 0.29) is 6.04 Å². The van der Waals surface area contributed by atoms with E-state index in [2.05, 4.69) is 17.0 Å². The van der Waals surface area contributed by atoms with Crippen LogP contribution < -0.4 is 4.74 Å². The van der Waals surface area contributed by atoms with Gasteiger partial charge in [-0.15, -0.1) is 0 Å². The number of hydrogen-bond acceptors (Lipinski definition) is 2. The minimum Gasteiger partial charge on any atom is -0.497 e. The van der Waals surface area contributed by atoms with E-state index in [4.69, 9.17) is 4.74 Å². The molecule has 2 aliphatic heterocycles. The Balaban J connectivity index is 2.05. The third kappa shape index (κ3) is 1.88. The molecule has 2 aliphatic rings. The first kappa shape index (κ1) is 11.6. The van der Waals surface area contributed by atoms with Gasteiger partial charge in [0.2, 0.25) is 5.91 Å². The summed E-state index contributed by atoms with van der Waals surface area (Å²) in [5, 5.41) is 0. The number of rotatable bonds is 1. The number of hydrogen-bond donors (Lipinski definition) is 0. The third-order valence-electron chi connectivity index (χ3n) is 4.12. The number of methoxy groups -OCH3 is 1. The van der Waals surface area contributed by atoms with Gasteiger partial charge in [-0.2, -0.15) is 0 Å². The van der Waals surface area contributed by atoms with Gasteiger partial charge in [-0.3, -0.25) is 4.79 Å². The lowest BCUT2D eigenvalue weighted by atomic mass is 9.92. The van der Waals surface area contributed by atoms with E-state index in [9.17, 15) is 4.79 Å². The van der Waals surface area contributed by atoms with E-state index in [1.54, 1.807) is 7.11 Å². The zero-order valence-corrected chi connectivity index (χ0v) is 10.8. The molecule has 0 N–H and O–H groups in total. The summed E-state index contributed by atoms with van der Waals surface area (Å²) >= 11 is 0. The molecule has 1 aromatic carbocycles. The Hall–Kier alpha value is -1.51. The first-order valence-electron chi connectivity index (χ1n) is 6.76. The second-order valence-electron chi connectivity index (χ2n) is 5.16. The van der Waals surface area contributed by atoms with E-state index in [1.165, 1.54) is 11.1 Å². The molecule has 0 aromatic heterocycles. The Morgan fingerprint density at radius 3 is 3.00 bits per heavy atom. The fraction of sp³-hybridized carbons (Fsp3) is 0.533. The van der Waals surface area contributed by atoms with E-state index in [0.717, 1.165) is 38.0 Å². The average Bonchev–Trinajstić information content (AvgIpc) is 2.86. The Kier molecular flexibility index (Phi) is 2.98. The van der Waals surface area contributed by atoms with Gasteiger partial charge in [0.25, 0.3) is 0 Å². The van der Waals surface area contributed by atoms with Crippen LogP contribution in [0, 0.1) is 0 Å². The van der Waals surface area contributed by atoms with Crippen LogP contribution in [-0.2, 0) is 11.2 Å². The van der Waals surface area contributed by atoms with Crippen LogP contribution in [0.1, 0.15) is 42.9 Å². The van der Waals surface area contributed by atoms with Crippen LogP contribution in [0.5, 0.6) is 5.75 Å². The summed E-state index contributed by atoms with van der Waals surface area (Å²) in [6, 6.07) is 6.60. The second-order valence-corrected chi connectivity index (χ2v) is 5.16. The fourth-order valence-electron chi connectivity index (χ4n) is 3.20. The fourth-order valence-corrected chi connectivity index (χ4v) is 3.20. The van der Waals surface area contributed by atoms with E-state index < -0.39 is 0 Å². The molecule has 96 valence electrons. The maximum Gasteiger partial charge on any atom is 0.223 e. The minimum absolute atomic E-state index is 0.280. The van der Waals surface area contributed by atoms with Gasteiger partial charge in [0.15, 0.2) is 0 Å². The van der Waals surface area contributed by atoms with Gasteiger partial charge >= 0.3 is 0 Å². The number of benzene rings is 1. The summed E-state index contributed by atoms with van der Waals surface area (Å²) in [7, 11) is 1.70. The van der Waals surface area contributed by atoms with Crippen molar-refractivity contribution in [2.45, 2.75) is 38.1 Å². The van der Waals surface area contributed by atoms with Crippen molar-refractivity contribution in [2.24, 2.45) is 0 Å². The first-order chi connectivity index (χ1) is 8.79. The summed E-state index contributed by atoms with van der Waals surface area (Å²) in [6.45, 7) is 0.917. The highest BCUT2D eigenvalue weighted by Crippen LogP contribution is 2.38. The van der Waals surface area contributed by atoms with E-state index in [1.807, 2.05) is 6.07 Å². The molecule has 0 radical (unpaired) electrons. The van der Waals surface area contributed by atoms with Gasteiger partial charge in [-0.05, 0) is 48.9 Å². The highest BCUT2D eigenvalue weighted by molar-refractivity contribution is 5.77. The van der Waals surface area contributed by atoms with Crippen molar-refractivity contribution in [1.82, 2.24) is 4.90 Å². The third-order valence-corrected chi connectivity index (χ3v) is 4.12. The molecule has 1 aromatic rings. The molecular weight excluding hydrogens is 226 g/mol. The van der Waals surface area contributed by atoms with Crippen LogP contribution in [0.3, 0.4) is 0 Å². The molecule has 3 rings (SSSR count). The van der Waals surface area contributed by atoms with Crippen LogP contribution >= 0.6 is 0 Å². The van der Waals surface area contributed by atoms with Crippen molar-refractivity contribution in [3.05, 3.63) is 29.3 Å². The predicted molar refractivity (Wildman–Crippen MR) is 69.6 cm³/mol. The molecule has 0 aliphatic carbocycles. The predicted octanol–water partition coefficient (Wildman–Crippen LogP) is 2.70. The lowest BCUT2D eigenvalue weighted by molar-refractivity contribution is -0.132. The molecular formula is C15H19NO2. The summed E-state index contributed by atoms with van der Waals surface area (Å²) < 4.78 is 5.32. The lowest BCUT2D eigenvalue weighted by Gasteiger charge is -2.29. The van der Waals surface area contributed by atoms with Gasteiger partial charge in [-0.1, -0.05) is 6.07 Å². The van der Waals surface area contributed by atoms with Crippen LogP contribution in [-0.4, -0.2) is 24.5 Å². The van der Waals surface area contributed by atoms with Crippen molar-refractivity contribution in [2.75, 3.05) is 13.7 Å². The number of nitrogens with zero attached hydrogens (tertiary/aromatic N) is 1. The number of fused-ring (bicyclic) bond motifs is 3. The molecule has 2 heterocycles. The van der Waals surface area contributed by atoms with Crippen molar-refractivity contribution in [3.8, 4) is 5.75 Å². The molecule has 1 atom stereocenters. The Bertz CT molecular complexity index is 470. The highest BCUT2D eigenvalue weighted by atomic mass is 16.5. The lowest BCUT2D eigenvalue weighted by Crippen LogP contribution is -2.32. The van der Waals surface area contributed by atoms with Gasteiger partial charge in [-0.25, -0.2) is 0 Å². The first-order valence-corrected chi connectivity index (χ1v) is 6.76. The Morgan fingerprint density at radius 1 is 1.28 bits per heavy atom. The highest BCUT2D eigenvalue weighted by Gasteiger charge is 2.32. The monoisotopic (exact) mass is 245 g/mol. The topological polar surface area (TPSA) is 29.5 Å². The number of carbonyl (C=O) groups excluding carboxylic acids is 1. The zero-order chi connectivity index (χ0) is 12.5. The van der Waals surface area contributed by atoms with Crippen molar-refractivity contribution < 1.29 is 9.53 Å². The molecule has 1 fully saturated rings. The molecule has 1 saturated heterocycles. The molecule has 3 heteroatoms. The molecule has 1 unspecified atom stereocenters. The molecule has 1 amide bonds. The minimum atomic E-state index is 0.280. The van der Waals surface area contributed by atoms with Gasteiger partial charge < -0.3 is 9.64 Å². The largest absolute Gasteiger partial charge is 0.497 e. The maximum absolute atomic E-state index is 12.1. The van der Waals surface area contributed by atoms with Crippen molar-refractivity contribution in [3.63, 3.8) is 0 Å².